The average Bonchev–Trinajstić information content (AvgIpc) is 2.97. The van der Waals surface area contributed by atoms with E-state index < -0.39 is 0 Å². The molecule has 16 heavy (non-hydrogen) atoms. The minimum atomic E-state index is 0.121. The van der Waals surface area contributed by atoms with Crippen molar-refractivity contribution in [1.29, 1.82) is 0 Å². The molecule has 1 aliphatic heterocycles. The van der Waals surface area contributed by atoms with Gasteiger partial charge >= 0.3 is 0 Å². The second-order valence-electron chi connectivity index (χ2n) is 3.81. The fraction of sp³-hybridized carbons (Fsp3) is 0.250. The van der Waals surface area contributed by atoms with Crippen LogP contribution in [-0.4, -0.2) is 17.6 Å². The normalized spacial score (nSPS) is 18.2. The third-order valence-electron chi connectivity index (χ3n) is 2.75. The van der Waals surface area contributed by atoms with Crippen molar-refractivity contribution in [2.75, 3.05) is 6.54 Å². The fourth-order valence-corrected chi connectivity index (χ4v) is 2.65. The first kappa shape index (κ1) is 9.81. The van der Waals surface area contributed by atoms with Crippen molar-refractivity contribution < 1.29 is 4.74 Å². The molecule has 0 saturated carbocycles. The van der Waals surface area contributed by atoms with Crippen molar-refractivity contribution in [3.8, 4) is 16.3 Å². The number of hydrogen-bond donors (Lipinski definition) is 1. The summed E-state index contributed by atoms with van der Waals surface area (Å²) in [6.07, 6.45) is 2.84. The Labute approximate surface area is 97.9 Å². The van der Waals surface area contributed by atoms with E-state index >= 15 is 0 Å². The van der Waals surface area contributed by atoms with Gasteiger partial charge in [-0.3, -0.25) is 0 Å². The number of ether oxygens (including phenoxy) is 1. The second-order valence-corrected chi connectivity index (χ2v) is 4.71. The van der Waals surface area contributed by atoms with Gasteiger partial charge in [0.2, 0.25) is 0 Å². The van der Waals surface area contributed by atoms with Crippen molar-refractivity contribution >= 4 is 11.3 Å². The Hall–Kier alpha value is -1.39. The van der Waals surface area contributed by atoms with Gasteiger partial charge in [-0.15, -0.1) is 11.3 Å². The molecule has 1 aliphatic rings. The van der Waals surface area contributed by atoms with Gasteiger partial charge in [0.05, 0.1) is 5.56 Å². The first-order valence-corrected chi connectivity index (χ1v) is 6.15. The summed E-state index contributed by atoms with van der Waals surface area (Å²) in [5, 5.41) is 2.99. The van der Waals surface area contributed by atoms with Crippen LogP contribution in [0.2, 0.25) is 0 Å². The van der Waals surface area contributed by atoms with Gasteiger partial charge in [-0.1, -0.05) is 12.1 Å². The van der Waals surface area contributed by atoms with Gasteiger partial charge in [0.25, 0.3) is 0 Å². The molecule has 3 nitrogen and oxygen atoms in total. The summed E-state index contributed by atoms with van der Waals surface area (Å²) in [5.74, 6) is 0.966. The van der Waals surface area contributed by atoms with Gasteiger partial charge < -0.3 is 10.5 Å². The Morgan fingerprint density at radius 1 is 1.50 bits per heavy atom. The predicted octanol–water partition coefficient (Wildman–Crippen LogP) is 2.07. The number of nitrogens with two attached hydrogens (primary N) is 1. The lowest BCUT2D eigenvalue weighted by atomic mass is 10.1. The number of thiazole rings is 1. The van der Waals surface area contributed by atoms with E-state index in [2.05, 4.69) is 23.2 Å². The first-order chi connectivity index (χ1) is 7.88. The molecule has 0 aliphatic carbocycles. The van der Waals surface area contributed by atoms with Crippen LogP contribution in [0.25, 0.3) is 10.6 Å². The zero-order chi connectivity index (χ0) is 11.0. The Bertz CT molecular complexity index is 496. The standard InChI is InChI=1S/C12H12N2OS/c13-7-9-6-8-2-1-3-10(11(8)15-9)12-14-4-5-16-12/h1-5,9H,6-7,13H2/t9-/m1/s1. The van der Waals surface area contributed by atoms with Gasteiger partial charge in [0.15, 0.2) is 0 Å². The van der Waals surface area contributed by atoms with Crippen molar-refractivity contribution in [2.24, 2.45) is 5.73 Å². The molecule has 1 aromatic heterocycles. The summed E-state index contributed by atoms with van der Waals surface area (Å²) in [4.78, 5) is 4.32. The molecule has 1 atom stereocenters. The van der Waals surface area contributed by atoms with Crippen molar-refractivity contribution in [3.63, 3.8) is 0 Å². The van der Waals surface area contributed by atoms with E-state index in [1.807, 2.05) is 11.6 Å². The molecular weight excluding hydrogens is 220 g/mol. The van der Waals surface area contributed by atoms with Crippen LogP contribution in [0.5, 0.6) is 5.75 Å². The molecule has 0 spiro atoms. The van der Waals surface area contributed by atoms with Crippen molar-refractivity contribution in [3.05, 3.63) is 35.3 Å². The first-order valence-electron chi connectivity index (χ1n) is 5.27. The second kappa shape index (κ2) is 3.88. The van der Waals surface area contributed by atoms with Crippen LogP contribution < -0.4 is 10.5 Å². The monoisotopic (exact) mass is 232 g/mol. The largest absolute Gasteiger partial charge is 0.488 e. The lowest BCUT2D eigenvalue weighted by Crippen LogP contribution is -2.24. The summed E-state index contributed by atoms with van der Waals surface area (Å²) >= 11 is 1.63. The Kier molecular flexibility index (Phi) is 2.38. The maximum atomic E-state index is 5.85. The van der Waals surface area contributed by atoms with Crippen LogP contribution in [0.3, 0.4) is 0 Å². The highest BCUT2D eigenvalue weighted by molar-refractivity contribution is 7.13. The van der Waals surface area contributed by atoms with Crippen LogP contribution in [0, 0.1) is 0 Å². The third-order valence-corrected chi connectivity index (χ3v) is 3.56. The van der Waals surface area contributed by atoms with Crippen LogP contribution in [0.4, 0.5) is 0 Å². The average molecular weight is 232 g/mol. The highest BCUT2D eigenvalue weighted by atomic mass is 32.1. The van der Waals surface area contributed by atoms with Gasteiger partial charge in [-0.2, -0.15) is 0 Å². The fourth-order valence-electron chi connectivity index (χ4n) is 1.99. The molecule has 3 rings (SSSR count). The van der Waals surface area contributed by atoms with Crippen LogP contribution in [0.15, 0.2) is 29.8 Å². The van der Waals surface area contributed by atoms with Crippen LogP contribution in [-0.2, 0) is 6.42 Å². The zero-order valence-electron chi connectivity index (χ0n) is 8.72. The molecule has 0 radical (unpaired) electrons. The van der Waals surface area contributed by atoms with E-state index in [0.717, 1.165) is 22.7 Å². The SMILES string of the molecule is NC[C@H]1Cc2cccc(-c3nccs3)c2O1. The van der Waals surface area contributed by atoms with Gasteiger partial charge in [-0.25, -0.2) is 4.98 Å². The summed E-state index contributed by atoms with van der Waals surface area (Å²) < 4.78 is 5.85. The number of hydrogen-bond acceptors (Lipinski definition) is 4. The Balaban J connectivity index is 2.07. The molecule has 2 aromatic rings. The minimum Gasteiger partial charge on any atom is -0.488 e. The molecule has 2 heterocycles. The number of nitrogens with zero attached hydrogens (tertiary/aromatic N) is 1. The van der Waals surface area contributed by atoms with Gasteiger partial charge in [-0.05, 0) is 11.6 Å². The molecule has 0 amide bonds. The highest BCUT2D eigenvalue weighted by Crippen LogP contribution is 2.39. The van der Waals surface area contributed by atoms with Gasteiger partial charge in [0.1, 0.15) is 16.9 Å². The summed E-state index contributed by atoms with van der Waals surface area (Å²) in [7, 11) is 0. The smallest absolute Gasteiger partial charge is 0.133 e. The van der Waals surface area contributed by atoms with Crippen LogP contribution in [0.1, 0.15) is 5.56 Å². The van der Waals surface area contributed by atoms with E-state index in [9.17, 15) is 0 Å². The third kappa shape index (κ3) is 1.50. The van der Waals surface area contributed by atoms with E-state index in [1.165, 1.54) is 5.56 Å². The molecule has 0 saturated heterocycles. The van der Waals surface area contributed by atoms with Crippen molar-refractivity contribution in [1.82, 2.24) is 4.98 Å². The molecule has 1 aromatic carbocycles. The lowest BCUT2D eigenvalue weighted by Gasteiger charge is -2.08. The topological polar surface area (TPSA) is 48.1 Å². The van der Waals surface area contributed by atoms with Crippen LogP contribution >= 0.6 is 11.3 Å². The Morgan fingerprint density at radius 2 is 2.44 bits per heavy atom. The Morgan fingerprint density at radius 3 is 3.19 bits per heavy atom. The maximum Gasteiger partial charge on any atom is 0.133 e. The predicted molar refractivity (Wildman–Crippen MR) is 64.7 cm³/mol. The zero-order valence-corrected chi connectivity index (χ0v) is 9.54. The molecule has 2 N–H and O–H groups in total. The van der Waals surface area contributed by atoms with Gasteiger partial charge in [0, 0.05) is 24.5 Å². The highest BCUT2D eigenvalue weighted by Gasteiger charge is 2.25. The lowest BCUT2D eigenvalue weighted by molar-refractivity contribution is 0.242. The van der Waals surface area contributed by atoms with E-state index in [-0.39, 0.29) is 6.10 Å². The number of para-hydroxylation sites is 1. The quantitative estimate of drug-likeness (QED) is 0.862. The maximum absolute atomic E-state index is 5.85. The van der Waals surface area contributed by atoms with E-state index in [4.69, 9.17) is 10.5 Å². The summed E-state index contributed by atoms with van der Waals surface area (Å²) in [5.41, 5.74) is 7.97. The molecule has 0 unspecified atom stereocenters. The molecule has 0 fully saturated rings. The molecule has 0 bridgehead atoms. The van der Waals surface area contributed by atoms with E-state index in [1.54, 1.807) is 11.3 Å². The molecular formula is C12H12N2OS. The summed E-state index contributed by atoms with van der Waals surface area (Å²) in [6.45, 7) is 0.561. The van der Waals surface area contributed by atoms with Crippen molar-refractivity contribution in [2.45, 2.75) is 12.5 Å². The number of rotatable bonds is 2. The number of fused-ring (bicyclic) bond motifs is 1. The minimum absolute atomic E-state index is 0.121. The van der Waals surface area contributed by atoms with E-state index in [0.29, 0.717) is 6.54 Å². The molecule has 4 heteroatoms. The summed E-state index contributed by atoms with van der Waals surface area (Å²) in [6, 6.07) is 6.20. The number of benzene rings is 1. The molecule has 82 valence electrons. The number of aromatic nitrogens is 1.